The summed E-state index contributed by atoms with van der Waals surface area (Å²) < 4.78 is 17.9. The Bertz CT molecular complexity index is 1730. The first-order chi connectivity index (χ1) is 19.7. The molecule has 7 heteroatoms. The van der Waals surface area contributed by atoms with Crippen molar-refractivity contribution in [3.8, 4) is 22.6 Å². The molecule has 0 saturated carbocycles. The number of anilines is 1. The van der Waals surface area contributed by atoms with Crippen LogP contribution in [-0.4, -0.2) is 39.2 Å². The number of methoxy groups -OCH3 is 1. The number of nitrogens with one attached hydrogen (secondary N) is 2. The van der Waals surface area contributed by atoms with Crippen LogP contribution in [0.25, 0.3) is 32.7 Å². The lowest BCUT2D eigenvalue weighted by Gasteiger charge is -2.21. The number of benzene rings is 5. The summed E-state index contributed by atoms with van der Waals surface area (Å²) in [6.45, 7) is 1.96. The summed E-state index contributed by atoms with van der Waals surface area (Å²) in [5.74, 6) is 1.93. The molecule has 0 bridgehead atoms. The van der Waals surface area contributed by atoms with E-state index in [-0.39, 0.29) is 6.79 Å². The highest BCUT2D eigenvalue weighted by molar-refractivity contribution is 6.12. The van der Waals surface area contributed by atoms with Gasteiger partial charge in [0.05, 0.1) is 12.1 Å². The normalized spacial score (nSPS) is 12.7. The van der Waals surface area contributed by atoms with E-state index in [4.69, 9.17) is 14.2 Å². The zero-order valence-electron chi connectivity index (χ0n) is 22.1. The predicted molar refractivity (Wildman–Crippen MR) is 159 cm³/mol. The van der Waals surface area contributed by atoms with E-state index in [0.29, 0.717) is 23.7 Å². The Morgan fingerprint density at radius 2 is 1.68 bits per heavy atom. The fraction of sp³-hybridized carbons (Fsp3) is 0.152. The van der Waals surface area contributed by atoms with E-state index in [2.05, 4.69) is 39.9 Å². The summed E-state index contributed by atoms with van der Waals surface area (Å²) >= 11 is 0. The summed E-state index contributed by atoms with van der Waals surface area (Å²) in [5, 5.41) is 10.5. The maximum atomic E-state index is 12.3. The molecule has 1 aliphatic rings. The van der Waals surface area contributed by atoms with Gasteiger partial charge in [0.15, 0.2) is 19.0 Å². The molecule has 0 amide bonds. The standard InChI is InChI=1S/C33H29N3O4/c1-38-21-40-32-25(19-37)18-24-9-3-5-12-28(24)31(32)30-27-11-4-2-8-23(27)13-14-29(30)39-20-22-7-6-10-26(17-22)36-33-34-15-16-35-33/h2-14,17-19H,15-16,20-21H2,1H3,(H2,34,35,36). The molecule has 0 spiro atoms. The number of fused-ring (bicyclic) bond motifs is 2. The van der Waals surface area contributed by atoms with E-state index < -0.39 is 0 Å². The Labute approximate surface area is 232 Å². The number of ether oxygens (including phenoxy) is 3. The van der Waals surface area contributed by atoms with E-state index in [9.17, 15) is 4.79 Å². The van der Waals surface area contributed by atoms with Crippen molar-refractivity contribution < 1.29 is 19.0 Å². The molecule has 0 fully saturated rings. The average Bonchev–Trinajstić information content (AvgIpc) is 3.51. The van der Waals surface area contributed by atoms with Crippen LogP contribution in [0.1, 0.15) is 15.9 Å². The first-order valence-electron chi connectivity index (χ1n) is 13.2. The highest BCUT2D eigenvalue weighted by Crippen LogP contribution is 2.47. The second kappa shape index (κ2) is 11.5. The van der Waals surface area contributed by atoms with Crippen LogP contribution in [0.5, 0.6) is 11.5 Å². The fourth-order valence-electron chi connectivity index (χ4n) is 5.11. The first-order valence-corrected chi connectivity index (χ1v) is 13.2. The van der Waals surface area contributed by atoms with Gasteiger partial charge in [-0.2, -0.15) is 0 Å². The Kier molecular flexibility index (Phi) is 7.28. The minimum atomic E-state index is 0.00702. The smallest absolute Gasteiger partial charge is 0.195 e. The third kappa shape index (κ3) is 5.07. The molecule has 0 aromatic heterocycles. The van der Waals surface area contributed by atoms with E-state index in [1.807, 2.05) is 66.7 Å². The third-order valence-corrected chi connectivity index (χ3v) is 6.88. The molecule has 7 nitrogen and oxygen atoms in total. The van der Waals surface area contributed by atoms with Crippen molar-refractivity contribution in [1.29, 1.82) is 0 Å². The van der Waals surface area contributed by atoms with Gasteiger partial charge in [-0.1, -0.05) is 66.7 Å². The van der Waals surface area contributed by atoms with Crippen LogP contribution in [0.4, 0.5) is 5.69 Å². The van der Waals surface area contributed by atoms with Gasteiger partial charge in [-0.3, -0.25) is 9.79 Å². The molecule has 0 unspecified atom stereocenters. The van der Waals surface area contributed by atoms with Gasteiger partial charge in [0.25, 0.3) is 0 Å². The van der Waals surface area contributed by atoms with Crippen LogP contribution in [0, 0.1) is 0 Å². The number of aldehydes is 1. The second-order valence-electron chi connectivity index (χ2n) is 9.49. The minimum Gasteiger partial charge on any atom is -0.488 e. The molecular weight excluding hydrogens is 502 g/mol. The van der Waals surface area contributed by atoms with Gasteiger partial charge in [-0.05, 0) is 51.4 Å². The largest absolute Gasteiger partial charge is 0.488 e. The van der Waals surface area contributed by atoms with Crippen molar-refractivity contribution in [2.24, 2.45) is 4.99 Å². The Morgan fingerprint density at radius 1 is 0.875 bits per heavy atom. The lowest BCUT2D eigenvalue weighted by atomic mass is 9.90. The molecule has 1 heterocycles. The van der Waals surface area contributed by atoms with Gasteiger partial charge in [-0.15, -0.1) is 0 Å². The molecular formula is C33H29N3O4. The maximum Gasteiger partial charge on any atom is 0.195 e. The summed E-state index contributed by atoms with van der Waals surface area (Å²) in [5.41, 5.74) is 4.05. The molecule has 0 atom stereocenters. The number of nitrogens with zero attached hydrogens (tertiary/aromatic N) is 1. The summed E-state index contributed by atoms with van der Waals surface area (Å²) in [7, 11) is 1.56. The molecule has 40 heavy (non-hydrogen) atoms. The van der Waals surface area contributed by atoms with Crippen molar-refractivity contribution in [2.45, 2.75) is 6.61 Å². The average molecular weight is 532 g/mol. The molecule has 5 aromatic rings. The summed E-state index contributed by atoms with van der Waals surface area (Å²) in [4.78, 5) is 16.7. The van der Waals surface area contributed by atoms with Gasteiger partial charge < -0.3 is 24.8 Å². The van der Waals surface area contributed by atoms with Crippen LogP contribution < -0.4 is 20.1 Å². The molecule has 5 aromatic carbocycles. The Hall–Kier alpha value is -4.88. The molecule has 2 N–H and O–H groups in total. The zero-order valence-corrected chi connectivity index (χ0v) is 22.1. The number of rotatable bonds is 9. The molecule has 0 saturated heterocycles. The van der Waals surface area contributed by atoms with Crippen molar-refractivity contribution in [3.63, 3.8) is 0 Å². The SMILES string of the molecule is COCOc1c(C=O)cc2ccccc2c1-c1c(OCc2cccc(NC3=NCCN3)c2)ccc2ccccc12. The lowest BCUT2D eigenvalue weighted by molar-refractivity contribution is 0.0510. The maximum absolute atomic E-state index is 12.3. The highest BCUT2D eigenvalue weighted by atomic mass is 16.7. The monoisotopic (exact) mass is 531 g/mol. The summed E-state index contributed by atoms with van der Waals surface area (Å²) in [6, 6.07) is 30.1. The third-order valence-electron chi connectivity index (χ3n) is 6.88. The number of guanidine groups is 1. The number of carbonyl (C=O) groups is 1. The van der Waals surface area contributed by atoms with Crippen LogP contribution in [-0.2, 0) is 11.3 Å². The van der Waals surface area contributed by atoms with Gasteiger partial charge in [-0.25, -0.2) is 0 Å². The Morgan fingerprint density at radius 3 is 2.45 bits per heavy atom. The van der Waals surface area contributed by atoms with E-state index >= 15 is 0 Å². The molecule has 0 aliphatic carbocycles. The second-order valence-corrected chi connectivity index (χ2v) is 9.49. The number of hydrogen-bond acceptors (Lipinski definition) is 7. The van der Waals surface area contributed by atoms with Gasteiger partial charge in [0.1, 0.15) is 18.1 Å². The molecule has 6 rings (SSSR count). The van der Waals surface area contributed by atoms with Crippen molar-refractivity contribution in [3.05, 3.63) is 102 Å². The molecule has 1 aliphatic heterocycles. The van der Waals surface area contributed by atoms with Crippen molar-refractivity contribution in [1.82, 2.24) is 5.32 Å². The van der Waals surface area contributed by atoms with Crippen molar-refractivity contribution >= 4 is 39.5 Å². The quantitative estimate of drug-likeness (QED) is 0.169. The topological polar surface area (TPSA) is 81.2 Å². The van der Waals surface area contributed by atoms with Gasteiger partial charge in [0, 0.05) is 30.5 Å². The lowest BCUT2D eigenvalue weighted by Crippen LogP contribution is -2.26. The Balaban J connectivity index is 1.47. The highest BCUT2D eigenvalue weighted by Gasteiger charge is 2.22. The minimum absolute atomic E-state index is 0.00702. The van der Waals surface area contributed by atoms with Crippen LogP contribution in [0.15, 0.2) is 96.0 Å². The number of hydrogen-bond donors (Lipinski definition) is 2. The van der Waals surface area contributed by atoms with Gasteiger partial charge in [0.2, 0.25) is 0 Å². The fourth-order valence-corrected chi connectivity index (χ4v) is 5.11. The van der Waals surface area contributed by atoms with Gasteiger partial charge >= 0.3 is 0 Å². The van der Waals surface area contributed by atoms with E-state index in [0.717, 1.165) is 69.3 Å². The number of aliphatic imine (C=N–C) groups is 1. The van der Waals surface area contributed by atoms with E-state index in [1.165, 1.54) is 0 Å². The van der Waals surface area contributed by atoms with E-state index in [1.54, 1.807) is 7.11 Å². The zero-order chi connectivity index (χ0) is 27.3. The van der Waals surface area contributed by atoms with Crippen molar-refractivity contribution in [2.75, 3.05) is 32.3 Å². The first kappa shape index (κ1) is 25.4. The van der Waals surface area contributed by atoms with Crippen LogP contribution in [0.3, 0.4) is 0 Å². The summed E-state index contributed by atoms with van der Waals surface area (Å²) in [6.07, 6.45) is 0.828. The van der Waals surface area contributed by atoms with Crippen LogP contribution in [0.2, 0.25) is 0 Å². The molecule has 0 radical (unpaired) electrons. The number of carbonyl (C=O) groups excluding carboxylic acids is 1. The van der Waals surface area contributed by atoms with Crippen LogP contribution >= 0.6 is 0 Å². The molecule has 200 valence electrons. The predicted octanol–water partition coefficient (Wildman–Crippen LogP) is 6.41.